The monoisotopic (exact) mass is 540 g/mol. The predicted octanol–water partition coefficient (Wildman–Crippen LogP) is 4.86. The number of benzene rings is 2. The molecule has 1 fully saturated rings. The minimum atomic E-state index is -1.16. The molecule has 0 unspecified atom stereocenters. The number of alkyl carbamates (subject to hydrolysis) is 1. The molecule has 1 heterocycles. The van der Waals surface area contributed by atoms with Crippen LogP contribution in [-0.2, 0) is 19.1 Å². The van der Waals surface area contributed by atoms with Gasteiger partial charge in [-0.05, 0) is 43.0 Å². The Hall–Kier alpha value is -3.04. The van der Waals surface area contributed by atoms with Crippen LogP contribution >= 0.6 is 11.8 Å². The van der Waals surface area contributed by atoms with Crippen LogP contribution < -0.4 is 5.32 Å². The summed E-state index contributed by atoms with van der Waals surface area (Å²) >= 11 is 1.50. The number of nitrogens with zero attached hydrogens (tertiary/aromatic N) is 1. The van der Waals surface area contributed by atoms with Crippen molar-refractivity contribution >= 4 is 29.7 Å². The van der Waals surface area contributed by atoms with E-state index in [1.165, 1.54) is 16.7 Å². The molecular formula is C29H36N2O6S. The lowest BCUT2D eigenvalue weighted by Gasteiger charge is -2.35. The fourth-order valence-electron chi connectivity index (χ4n) is 5.29. The van der Waals surface area contributed by atoms with Gasteiger partial charge in [0.05, 0.1) is 6.10 Å². The third kappa shape index (κ3) is 5.68. The van der Waals surface area contributed by atoms with Gasteiger partial charge in [0, 0.05) is 16.4 Å². The molecule has 8 nitrogen and oxygen atoms in total. The summed E-state index contributed by atoms with van der Waals surface area (Å²) in [6, 6.07) is 14.0. The van der Waals surface area contributed by atoms with Crippen LogP contribution in [-0.4, -0.2) is 69.0 Å². The van der Waals surface area contributed by atoms with Crippen molar-refractivity contribution in [2.45, 2.75) is 76.1 Å². The van der Waals surface area contributed by atoms with E-state index in [0.29, 0.717) is 0 Å². The molecule has 2 aromatic carbocycles. The van der Waals surface area contributed by atoms with Gasteiger partial charge in [-0.25, -0.2) is 9.59 Å². The van der Waals surface area contributed by atoms with Crippen molar-refractivity contribution in [3.05, 3.63) is 59.7 Å². The molecule has 2 aliphatic rings. The quantitative estimate of drug-likeness (QED) is 0.517. The molecule has 0 saturated carbocycles. The summed E-state index contributed by atoms with van der Waals surface area (Å²) in [6.07, 6.45) is -1.42. The molecule has 1 saturated heterocycles. The lowest BCUT2D eigenvalue weighted by Crippen LogP contribution is -2.59. The Labute approximate surface area is 228 Å². The lowest BCUT2D eigenvalue weighted by atomic mass is 9.98. The maximum atomic E-state index is 13.8. The van der Waals surface area contributed by atoms with Gasteiger partial charge in [0.25, 0.3) is 0 Å². The summed E-state index contributed by atoms with van der Waals surface area (Å²) < 4.78 is 11.3. The molecule has 0 aromatic heterocycles. The zero-order valence-electron chi connectivity index (χ0n) is 22.7. The van der Waals surface area contributed by atoms with E-state index in [0.717, 1.165) is 22.3 Å². The summed E-state index contributed by atoms with van der Waals surface area (Å²) in [7, 11) is 0. The van der Waals surface area contributed by atoms with E-state index < -0.39 is 41.9 Å². The van der Waals surface area contributed by atoms with Crippen molar-refractivity contribution in [1.82, 2.24) is 10.2 Å². The highest BCUT2D eigenvalue weighted by Gasteiger charge is 2.53. The van der Waals surface area contributed by atoms with Gasteiger partial charge in [-0.3, -0.25) is 9.69 Å². The van der Waals surface area contributed by atoms with Gasteiger partial charge >= 0.3 is 12.1 Å². The third-order valence-corrected chi connectivity index (χ3v) is 8.25. The minimum absolute atomic E-state index is 0.111. The fraction of sp³-hybridized carbons (Fsp3) is 0.483. The Morgan fingerprint density at radius 2 is 1.63 bits per heavy atom. The molecule has 204 valence electrons. The average molecular weight is 541 g/mol. The van der Waals surface area contributed by atoms with Crippen LogP contribution in [0, 0.1) is 0 Å². The van der Waals surface area contributed by atoms with Crippen molar-refractivity contribution in [1.29, 1.82) is 0 Å². The molecule has 0 spiro atoms. The zero-order valence-corrected chi connectivity index (χ0v) is 23.5. The summed E-state index contributed by atoms with van der Waals surface area (Å²) in [5.74, 6) is -1.54. The SMILES string of the molecule is C[C@H]1OC(C)(C)N(C(=O)[C@H](CSC(C)(C)C)NC(=O)OCC2c3ccccc3-c3ccccc32)[C@@H]1C(=O)O. The highest BCUT2D eigenvalue weighted by Crippen LogP contribution is 2.44. The molecule has 0 radical (unpaired) electrons. The van der Waals surface area contributed by atoms with Crippen molar-refractivity contribution in [2.75, 3.05) is 12.4 Å². The van der Waals surface area contributed by atoms with Crippen LogP contribution in [0.15, 0.2) is 48.5 Å². The fourth-order valence-corrected chi connectivity index (χ4v) is 6.19. The normalized spacial score (nSPS) is 20.9. The second kappa shape index (κ2) is 10.6. The standard InChI is InChI=1S/C29H36N2O6S/c1-17-24(26(33)34)31(29(5,6)37-17)25(32)23(16-38-28(2,3)4)30-27(35)36-15-22-20-13-9-7-11-18(20)19-12-8-10-14-21(19)22/h7-14,17,22-24H,15-16H2,1-6H3,(H,30,35)(H,33,34)/t17-,23+,24+/m1/s1. The lowest BCUT2D eigenvalue weighted by molar-refractivity contribution is -0.156. The Kier molecular flexibility index (Phi) is 7.81. The van der Waals surface area contributed by atoms with Crippen molar-refractivity contribution < 1.29 is 29.0 Å². The number of carbonyl (C=O) groups is 3. The molecule has 2 N–H and O–H groups in total. The van der Waals surface area contributed by atoms with Crippen LogP contribution in [0.4, 0.5) is 4.79 Å². The number of fused-ring (bicyclic) bond motifs is 3. The maximum absolute atomic E-state index is 13.8. The van der Waals surface area contributed by atoms with Gasteiger partial charge in [-0.2, -0.15) is 11.8 Å². The first-order valence-corrected chi connectivity index (χ1v) is 13.8. The van der Waals surface area contributed by atoms with Crippen LogP contribution in [0.3, 0.4) is 0 Å². The van der Waals surface area contributed by atoms with Crippen LogP contribution in [0.1, 0.15) is 58.6 Å². The smallest absolute Gasteiger partial charge is 0.407 e. The second-order valence-corrected chi connectivity index (χ2v) is 13.1. The Morgan fingerprint density at radius 3 is 2.16 bits per heavy atom. The largest absolute Gasteiger partial charge is 0.480 e. The average Bonchev–Trinajstić information content (AvgIpc) is 3.29. The van der Waals surface area contributed by atoms with Gasteiger partial charge in [0.1, 0.15) is 18.4 Å². The number of nitrogens with one attached hydrogen (secondary N) is 1. The Morgan fingerprint density at radius 1 is 1.08 bits per heavy atom. The van der Waals surface area contributed by atoms with Gasteiger partial charge in [-0.1, -0.05) is 69.3 Å². The van der Waals surface area contributed by atoms with Crippen LogP contribution in [0.2, 0.25) is 0 Å². The van der Waals surface area contributed by atoms with E-state index in [1.807, 2.05) is 57.2 Å². The van der Waals surface area contributed by atoms with Gasteiger partial charge in [0.2, 0.25) is 5.91 Å². The van der Waals surface area contributed by atoms with Gasteiger partial charge < -0.3 is 19.9 Å². The number of carbonyl (C=O) groups excluding carboxylic acids is 2. The topological polar surface area (TPSA) is 105 Å². The number of ether oxygens (including phenoxy) is 2. The summed E-state index contributed by atoms with van der Waals surface area (Å²) in [5.41, 5.74) is 3.28. The molecule has 38 heavy (non-hydrogen) atoms. The molecule has 1 aliphatic heterocycles. The van der Waals surface area contributed by atoms with Crippen molar-refractivity contribution in [2.24, 2.45) is 0 Å². The maximum Gasteiger partial charge on any atom is 0.407 e. The molecule has 0 bridgehead atoms. The van der Waals surface area contributed by atoms with E-state index in [4.69, 9.17) is 9.47 Å². The molecule has 3 atom stereocenters. The number of amides is 2. The van der Waals surface area contributed by atoms with Gasteiger partial charge in [0.15, 0.2) is 6.04 Å². The molecule has 2 aromatic rings. The summed E-state index contributed by atoms with van der Waals surface area (Å²) in [6.45, 7) is 11.1. The molecular weight excluding hydrogens is 504 g/mol. The Balaban J connectivity index is 1.51. The molecule has 2 amide bonds. The first-order chi connectivity index (χ1) is 17.8. The van der Waals surface area contributed by atoms with E-state index in [1.54, 1.807) is 20.8 Å². The summed E-state index contributed by atoms with van der Waals surface area (Å²) in [5, 5.41) is 12.6. The number of rotatable bonds is 7. The van der Waals surface area contributed by atoms with E-state index in [2.05, 4.69) is 17.4 Å². The third-order valence-electron chi connectivity index (χ3n) is 6.88. The number of carboxylic acid groups (broad SMARTS) is 1. The van der Waals surface area contributed by atoms with Crippen molar-refractivity contribution in [3.8, 4) is 11.1 Å². The van der Waals surface area contributed by atoms with Crippen molar-refractivity contribution in [3.63, 3.8) is 0 Å². The number of hydrogen-bond acceptors (Lipinski definition) is 6. The first kappa shape index (κ1) is 28.0. The highest BCUT2D eigenvalue weighted by molar-refractivity contribution is 8.00. The second-order valence-electron chi connectivity index (χ2n) is 11.2. The van der Waals surface area contributed by atoms with E-state index in [-0.39, 0.29) is 23.0 Å². The molecule has 9 heteroatoms. The Bertz CT molecular complexity index is 1180. The number of hydrogen-bond donors (Lipinski definition) is 2. The van der Waals surface area contributed by atoms with E-state index in [9.17, 15) is 19.5 Å². The number of thioether (sulfide) groups is 1. The van der Waals surface area contributed by atoms with Gasteiger partial charge in [-0.15, -0.1) is 0 Å². The van der Waals surface area contributed by atoms with Crippen LogP contribution in [0.25, 0.3) is 11.1 Å². The van der Waals surface area contributed by atoms with E-state index >= 15 is 0 Å². The molecule has 1 aliphatic carbocycles. The first-order valence-electron chi connectivity index (χ1n) is 12.8. The highest BCUT2D eigenvalue weighted by atomic mass is 32.2. The minimum Gasteiger partial charge on any atom is -0.480 e. The number of aliphatic carboxylic acids is 1. The summed E-state index contributed by atoms with van der Waals surface area (Å²) in [4.78, 5) is 40.1. The zero-order chi connectivity index (χ0) is 27.8. The van der Waals surface area contributed by atoms with Crippen LogP contribution in [0.5, 0.6) is 0 Å². The number of carboxylic acids is 1. The predicted molar refractivity (Wildman–Crippen MR) is 147 cm³/mol. The molecule has 4 rings (SSSR count).